The second-order valence-electron chi connectivity index (χ2n) is 15.7. The molecule has 12 rings (SSSR count). The first kappa shape index (κ1) is 28.9. The predicted octanol–water partition coefficient (Wildman–Crippen LogP) is 14.1. The molecular weight excluding hydrogens is 647 g/mol. The first-order valence-corrected chi connectivity index (χ1v) is 19.4. The summed E-state index contributed by atoms with van der Waals surface area (Å²) in [6, 6.07) is 48.6. The van der Waals surface area contributed by atoms with E-state index < -0.39 is 0 Å². The summed E-state index contributed by atoms with van der Waals surface area (Å²) in [7, 11) is 0. The van der Waals surface area contributed by atoms with Gasteiger partial charge in [0.2, 0.25) is 0 Å². The fourth-order valence-electron chi connectivity index (χ4n) is 10.1. The number of hydrogen-bond acceptors (Lipinski definition) is 1. The molecule has 0 spiro atoms. The Morgan fingerprint density at radius 2 is 1.33 bits per heavy atom. The average molecular weight is 682 g/mol. The number of rotatable bonds is 2. The summed E-state index contributed by atoms with van der Waals surface area (Å²) in [6.45, 7) is 7.07. The molecule has 7 aromatic carbocycles. The molecule has 0 N–H and O–H groups in total. The SMILES string of the molecule is CC1C=C2C(=CC1)c1cccc3c(-c4ccc5sc6ccc(-n7c8ccccc8c8c9c(ccc87)C(C)(C)c7ccccc7-9)cc6c5c4)ccc2c13. The summed E-state index contributed by atoms with van der Waals surface area (Å²) in [5.74, 6) is 0.578. The van der Waals surface area contributed by atoms with Crippen LogP contribution in [0.25, 0.3) is 91.8 Å². The smallest absolute Gasteiger partial charge is 0.0547 e. The van der Waals surface area contributed by atoms with E-state index in [0.717, 1.165) is 6.42 Å². The number of hydrogen-bond donors (Lipinski definition) is 0. The standard InChI is InChI=1S/C50H35NS/c1-28-15-18-32-34-12-8-11-33-31(19-20-35(47(33)34)38(32)25-28)29-16-23-45-39(26-29)40-27-30(17-24-46(40)52-45)51-43-14-7-5-10-37(43)49-44(51)22-21-42-48(49)36-9-4-6-13-41(36)50(42,2)3/h4-14,16-28H,15H2,1-3H3. The third-order valence-corrected chi connectivity index (χ3v) is 13.6. The molecule has 0 saturated carbocycles. The van der Waals surface area contributed by atoms with Crippen LogP contribution in [0.1, 0.15) is 49.4 Å². The van der Waals surface area contributed by atoms with Gasteiger partial charge in [0.15, 0.2) is 0 Å². The molecule has 0 bridgehead atoms. The molecule has 0 amide bonds. The number of para-hydroxylation sites is 1. The summed E-state index contributed by atoms with van der Waals surface area (Å²) in [5, 5.41) is 8.07. The summed E-state index contributed by atoms with van der Waals surface area (Å²) < 4.78 is 5.15. The minimum atomic E-state index is -0.0359. The Hall–Kier alpha value is -5.70. The zero-order valence-corrected chi connectivity index (χ0v) is 30.2. The van der Waals surface area contributed by atoms with Crippen LogP contribution in [0.3, 0.4) is 0 Å². The molecule has 2 heteroatoms. The lowest BCUT2D eigenvalue weighted by Gasteiger charge is -2.21. The molecule has 246 valence electrons. The van der Waals surface area contributed by atoms with E-state index in [2.05, 4.69) is 165 Å². The second-order valence-corrected chi connectivity index (χ2v) is 16.8. The third kappa shape index (κ3) is 3.63. The quantitative estimate of drug-likeness (QED) is 0.171. The van der Waals surface area contributed by atoms with E-state index in [-0.39, 0.29) is 5.41 Å². The van der Waals surface area contributed by atoms with Crippen LogP contribution in [0.2, 0.25) is 0 Å². The topological polar surface area (TPSA) is 4.93 Å². The van der Waals surface area contributed by atoms with Gasteiger partial charge in [0, 0.05) is 42.0 Å². The van der Waals surface area contributed by atoms with Crippen LogP contribution in [0.5, 0.6) is 0 Å². The molecule has 0 aliphatic heterocycles. The number of benzene rings is 7. The fourth-order valence-corrected chi connectivity index (χ4v) is 11.1. The Morgan fingerprint density at radius 1 is 0.577 bits per heavy atom. The Balaban J connectivity index is 1.07. The highest BCUT2D eigenvalue weighted by Gasteiger charge is 2.37. The molecule has 9 aromatic rings. The van der Waals surface area contributed by atoms with Gasteiger partial charge in [0.05, 0.1) is 11.0 Å². The van der Waals surface area contributed by atoms with Crippen molar-refractivity contribution in [3.05, 3.63) is 162 Å². The lowest BCUT2D eigenvalue weighted by molar-refractivity contribution is 0.661. The maximum Gasteiger partial charge on any atom is 0.0547 e. The van der Waals surface area contributed by atoms with Gasteiger partial charge in [-0.1, -0.05) is 118 Å². The highest BCUT2D eigenvalue weighted by atomic mass is 32.1. The van der Waals surface area contributed by atoms with Gasteiger partial charge in [-0.2, -0.15) is 0 Å². The predicted molar refractivity (Wildman–Crippen MR) is 224 cm³/mol. The van der Waals surface area contributed by atoms with Crippen LogP contribution in [0, 0.1) is 5.92 Å². The van der Waals surface area contributed by atoms with E-state index in [1.165, 1.54) is 114 Å². The highest BCUT2D eigenvalue weighted by molar-refractivity contribution is 7.25. The van der Waals surface area contributed by atoms with Crippen molar-refractivity contribution in [1.29, 1.82) is 0 Å². The summed E-state index contributed by atoms with van der Waals surface area (Å²) >= 11 is 1.90. The van der Waals surface area contributed by atoms with Crippen molar-refractivity contribution in [1.82, 2.24) is 4.57 Å². The van der Waals surface area contributed by atoms with Crippen molar-refractivity contribution in [2.24, 2.45) is 5.92 Å². The van der Waals surface area contributed by atoms with Crippen molar-refractivity contribution in [3.63, 3.8) is 0 Å². The maximum absolute atomic E-state index is 2.50. The van der Waals surface area contributed by atoms with Crippen molar-refractivity contribution < 1.29 is 0 Å². The highest BCUT2D eigenvalue weighted by Crippen LogP contribution is 2.54. The Kier molecular flexibility index (Phi) is 5.56. The van der Waals surface area contributed by atoms with E-state index in [1.807, 2.05) is 11.3 Å². The van der Waals surface area contributed by atoms with Gasteiger partial charge in [0.1, 0.15) is 0 Å². The molecule has 1 unspecified atom stereocenters. The van der Waals surface area contributed by atoms with Crippen LogP contribution in [-0.2, 0) is 5.41 Å². The van der Waals surface area contributed by atoms with Crippen LogP contribution >= 0.6 is 11.3 Å². The molecule has 2 aromatic heterocycles. The van der Waals surface area contributed by atoms with Crippen LogP contribution in [0.4, 0.5) is 0 Å². The lowest BCUT2D eigenvalue weighted by Crippen LogP contribution is -2.14. The van der Waals surface area contributed by atoms with Gasteiger partial charge in [-0.3, -0.25) is 0 Å². The lowest BCUT2D eigenvalue weighted by atomic mass is 9.82. The Labute approximate surface area is 306 Å². The first-order valence-electron chi connectivity index (χ1n) is 18.6. The van der Waals surface area contributed by atoms with Crippen LogP contribution in [0.15, 0.2) is 140 Å². The van der Waals surface area contributed by atoms with E-state index in [1.54, 1.807) is 0 Å². The largest absolute Gasteiger partial charge is 0.309 e. The van der Waals surface area contributed by atoms with E-state index in [9.17, 15) is 0 Å². The van der Waals surface area contributed by atoms with Gasteiger partial charge in [-0.05, 0) is 121 Å². The minimum absolute atomic E-state index is 0.0359. The molecule has 3 aliphatic rings. The molecule has 0 radical (unpaired) electrons. The van der Waals surface area contributed by atoms with Crippen LogP contribution < -0.4 is 0 Å². The van der Waals surface area contributed by atoms with Crippen LogP contribution in [-0.4, -0.2) is 4.57 Å². The third-order valence-electron chi connectivity index (χ3n) is 12.5. The van der Waals surface area contributed by atoms with Gasteiger partial charge >= 0.3 is 0 Å². The summed E-state index contributed by atoms with van der Waals surface area (Å²) in [6.07, 6.45) is 6.05. The van der Waals surface area contributed by atoms with E-state index >= 15 is 0 Å². The van der Waals surface area contributed by atoms with Crippen molar-refractivity contribution in [2.45, 2.75) is 32.6 Å². The summed E-state index contributed by atoms with van der Waals surface area (Å²) in [4.78, 5) is 0. The molecule has 0 saturated heterocycles. The molecule has 0 fully saturated rings. The zero-order chi connectivity index (χ0) is 34.5. The molecule has 1 atom stereocenters. The maximum atomic E-state index is 2.50. The first-order chi connectivity index (χ1) is 25.5. The monoisotopic (exact) mass is 681 g/mol. The number of fused-ring (bicyclic) bond motifs is 13. The number of nitrogens with zero attached hydrogens (tertiary/aromatic N) is 1. The molecule has 2 heterocycles. The Bertz CT molecular complexity index is 3140. The zero-order valence-electron chi connectivity index (χ0n) is 29.4. The average Bonchev–Trinajstić information content (AvgIpc) is 3.87. The van der Waals surface area contributed by atoms with Gasteiger partial charge in [-0.25, -0.2) is 0 Å². The fraction of sp³-hybridized carbons (Fsp3) is 0.120. The normalized spacial score (nSPS) is 16.9. The molecule has 1 nitrogen and oxygen atoms in total. The van der Waals surface area contributed by atoms with Crippen molar-refractivity contribution in [3.8, 4) is 27.9 Å². The molecule has 3 aliphatic carbocycles. The minimum Gasteiger partial charge on any atom is -0.309 e. The molecular formula is C50H35NS. The van der Waals surface area contributed by atoms with E-state index in [0.29, 0.717) is 5.92 Å². The second kappa shape index (κ2) is 10.00. The van der Waals surface area contributed by atoms with Gasteiger partial charge < -0.3 is 4.57 Å². The van der Waals surface area contributed by atoms with E-state index in [4.69, 9.17) is 0 Å². The summed E-state index contributed by atoms with van der Waals surface area (Å²) in [5.41, 5.74) is 17.5. The van der Waals surface area contributed by atoms with Crippen molar-refractivity contribution >= 4 is 75.2 Å². The Morgan fingerprint density at radius 3 is 2.25 bits per heavy atom. The number of allylic oxidation sites excluding steroid dienone is 4. The van der Waals surface area contributed by atoms with Gasteiger partial charge in [0.25, 0.3) is 0 Å². The number of aromatic nitrogens is 1. The molecule has 52 heavy (non-hydrogen) atoms. The van der Waals surface area contributed by atoms with Gasteiger partial charge in [-0.15, -0.1) is 11.3 Å². The number of thiophene rings is 1. The van der Waals surface area contributed by atoms with Crippen molar-refractivity contribution in [2.75, 3.05) is 0 Å².